The summed E-state index contributed by atoms with van der Waals surface area (Å²) in [5.41, 5.74) is 0.737. The van der Waals surface area contributed by atoms with Crippen LogP contribution in [0, 0.1) is 12.7 Å². The number of aryl methyl sites for hydroxylation is 1. The molecule has 142 valence electrons. The molecule has 2 aliphatic rings. The summed E-state index contributed by atoms with van der Waals surface area (Å²) in [5, 5.41) is 0. The quantitative estimate of drug-likeness (QED) is 0.802. The number of amides is 2. The Kier molecular flexibility index (Phi) is 5.22. The average molecular weight is 370 g/mol. The summed E-state index contributed by atoms with van der Waals surface area (Å²) in [5.74, 6) is -3.90. The predicted molar refractivity (Wildman–Crippen MR) is 87.5 cm³/mol. The van der Waals surface area contributed by atoms with Gasteiger partial charge in [-0.05, 0) is 31.0 Å². The number of halogens is 3. The summed E-state index contributed by atoms with van der Waals surface area (Å²) in [7, 11) is 0. The van der Waals surface area contributed by atoms with E-state index in [-0.39, 0.29) is 30.2 Å². The number of rotatable bonds is 2. The number of carbonyl (C=O) groups is 2. The SMILES string of the molecule is Cc1ccc(C(=O)N2CCN(C(=O)C3CCC(F)(F)CO3)CC2)cc1F. The molecule has 8 heteroatoms. The van der Waals surface area contributed by atoms with Crippen LogP contribution < -0.4 is 0 Å². The lowest BCUT2D eigenvalue weighted by Gasteiger charge is -2.37. The van der Waals surface area contributed by atoms with Crippen LogP contribution in [0.4, 0.5) is 13.2 Å². The maximum atomic E-state index is 13.6. The number of carbonyl (C=O) groups excluding carboxylic acids is 2. The van der Waals surface area contributed by atoms with Gasteiger partial charge in [-0.25, -0.2) is 13.2 Å². The topological polar surface area (TPSA) is 49.9 Å². The lowest BCUT2D eigenvalue weighted by Crippen LogP contribution is -2.54. The molecule has 3 rings (SSSR count). The minimum Gasteiger partial charge on any atom is -0.362 e. The molecular weight excluding hydrogens is 349 g/mol. The predicted octanol–water partition coefficient (Wildman–Crippen LogP) is 2.23. The first-order valence-electron chi connectivity index (χ1n) is 8.60. The van der Waals surface area contributed by atoms with Gasteiger partial charge < -0.3 is 14.5 Å². The Morgan fingerprint density at radius 3 is 2.38 bits per heavy atom. The number of hydrogen-bond donors (Lipinski definition) is 0. The molecule has 0 radical (unpaired) electrons. The highest BCUT2D eigenvalue weighted by Gasteiger charge is 2.40. The minimum absolute atomic E-state index is 0.00633. The molecule has 1 aromatic rings. The monoisotopic (exact) mass is 370 g/mol. The Morgan fingerprint density at radius 2 is 1.81 bits per heavy atom. The fourth-order valence-corrected chi connectivity index (χ4v) is 3.16. The minimum atomic E-state index is -2.87. The van der Waals surface area contributed by atoms with Gasteiger partial charge in [0.15, 0.2) is 0 Å². The number of benzene rings is 1. The highest BCUT2D eigenvalue weighted by Crippen LogP contribution is 2.29. The molecule has 0 bridgehead atoms. The van der Waals surface area contributed by atoms with E-state index in [0.717, 1.165) is 0 Å². The molecule has 0 aliphatic carbocycles. The average Bonchev–Trinajstić information content (AvgIpc) is 2.63. The number of hydrogen-bond acceptors (Lipinski definition) is 3. The van der Waals surface area contributed by atoms with Crippen LogP contribution >= 0.6 is 0 Å². The van der Waals surface area contributed by atoms with E-state index >= 15 is 0 Å². The van der Waals surface area contributed by atoms with Crippen LogP contribution in [0.5, 0.6) is 0 Å². The van der Waals surface area contributed by atoms with Gasteiger partial charge in [-0.1, -0.05) is 6.07 Å². The normalized spacial score (nSPS) is 23.0. The van der Waals surface area contributed by atoms with E-state index in [1.807, 2.05) is 0 Å². The molecule has 1 atom stereocenters. The van der Waals surface area contributed by atoms with Crippen molar-refractivity contribution in [2.24, 2.45) is 0 Å². The molecule has 1 unspecified atom stereocenters. The summed E-state index contributed by atoms with van der Waals surface area (Å²) in [6.07, 6.45) is -1.21. The molecule has 26 heavy (non-hydrogen) atoms. The van der Waals surface area contributed by atoms with E-state index in [9.17, 15) is 22.8 Å². The zero-order valence-corrected chi connectivity index (χ0v) is 14.5. The third kappa shape index (κ3) is 4.00. The van der Waals surface area contributed by atoms with Gasteiger partial charge in [0.05, 0.1) is 0 Å². The second kappa shape index (κ2) is 7.26. The number of nitrogens with zero attached hydrogens (tertiary/aromatic N) is 2. The van der Waals surface area contributed by atoms with Gasteiger partial charge in [0.25, 0.3) is 17.7 Å². The van der Waals surface area contributed by atoms with E-state index in [0.29, 0.717) is 31.7 Å². The lowest BCUT2D eigenvalue weighted by molar-refractivity contribution is -0.170. The molecule has 0 spiro atoms. The third-order valence-corrected chi connectivity index (χ3v) is 4.84. The van der Waals surface area contributed by atoms with Crippen molar-refractivity contribution in [3.63, 3.8) is 0 Å². The Labute approximate surface area is 149 Å². The van der Waals surface area contributed by atoms with Crippen molar-refractivity contribution in [2.75, 3.05) is 32.8 Å². The molecule has 2 fully saturated rings. The van der Waals surface area contributed by atoms with Gasteiger partial charge in [-0.15, -0.1) is 0 Å². The Bertz CT molecular complexity index is 693. The Hall–Kier alpha value is -2.09. The van der Waals surface area contributed by atoms with E-state index in [1.54, 1.807) is 24.0 Å². The van der Waals surface area contributed by atoms with E-state index in [2.05, 4.69) is 0 Å². The van der Waals surface area contributed by atoms with Crippen molar-refractivity contribution in [3.05, 3.63) is 35.1 Å². The standard InChI is InChI=1S/C18H21F3N2O3/c1-12-2-3-13(10-14(12)19)16(24)22-6-8-23(9-7-22)17(25)15-4-5-18(20,21)11-26-15/h2-3,10,15H,4-9,11H2,1H3. The molecular formula is C18H21F3N2O3. The summed E-state index contributed by atoms with van der Waals surface area (Å²) >= 11 is 0. The van der Waals surface area contributed by atoms with E-state index in [4.69, 9.17) is 4.74 Å². The van der Waals surface area contributed by atoms with Gasteiger partial charge >= 0.3 is 0 Å². The molecule has 5 nitrogen and oxygen atoms in total. The van der Waals surface area contributed by atoms with Crippen molar-refractivity contribution in [2.45, 2.75) is 31.8 Å². The first-order valence-corrected chi connectivity index (χ1v) is 8.60. The third-order valence-electron chi connectivity index (χ3n) is 4.84. The molecule has 2 saturated heterocycles. The summed E-state index contributed by atoms with van der Waals surface area (Å²) in [4.78, 5) is 28.0. The van der Waals surface area contributed by atoms with Gasteiger partial charge in [0, 0.05) is 38.2 Å². The van der Waals surface area contributed by atoms with Crippen LogP contribution in [0.1, 0.15) is 28.8 Å². The maximum Gasteiger partial charge on any atom is 0.271 e. The molecule has 1 aromatic carbocycles. The fraction of sp³-hybridized carbons (Fsp3) is 0.556. The largest absolute Gasteiger partial charge is 0.362 e. The van der Waals surface area contributed by atoms with Gasteiger partial charge in [-0.3, -0.25) is 9.59 Å². The first kappa shape index (κ1) is 18.7. The van der Waals surface area contributed by atoms with E-state index < -0.39 is 24.5 Å². The second-order valence-electron chi connectivity index (χ2n) is 6.78. The smallest absolute Gasteiger partial charge is 0.271 e. The second-order valence-corrected chi connectivity index (χ2v) is 6.78. The van der Waals surface area contributed by atoms with Crippen LogP contribution in [0.3, 0.4) is 0 Å². The van der Waals surface area contributed by atoms with Crippen molar-refractivity contribution in [3.8, 4) is 0 Å². The number of piperazine rings is 1. The van der Waals surface area contributed by atoms with Crippen molar-refractivity contribution < 1.29 is 27.5 Å². The van der Waals surface area contributed by atoms with Gasteiger partial charge in [-0.2, -0.15) is 0 Å². The molecule has 0 aromatic heterocycles. The number of ether oxygens (including phenoxy) is 1. The summed E-state index contributed by atoms with van der Waals surface area (Å²) < 4.78 is 44.9. The maximum absolute atomic E-state index is 13.6. The van der Waals surface area contributed by atoms with Crippen LogP contribution in [0.25, 0.3) is 0 Å². The molecule has 2 heterocycles. The van der Waals surface area contributed by atoms with Crippen molar-refractivity contribution >= 4 is 11.8 Å². The first-order chi connectivity index (χ1) is 12.3. The van der Waals surface area contributed by atoms with Crippen LogP contribution in [-0.2, 0) is 9.53 Å². The molecule has 2 aliphatic heterocycles. The van der Waals surface area contributed by atoms with Crippen LogP contribution in [-0.4, -0.2) is 66.4 Å². The van der Waals surface area contributed by atoms with Crippen molar-refractivity contribution in [1.82, 2.24) is 9.80 Å². The molecule has 0 N–H and O–H groups in total. The lowest BCUT2D eigenvalue weighted by atomic mass is 10.0. The van der Waals surface area contributed by atoms with Crippen LogP contribution in [0.2, 0.25) is 0 Å². The van der Waals surface area contributed by atoms with Crippen molar-refractivity contribution in [1.29, 1.82) is 0 Å². The van der Waals surface area contributed by atoms with Gasteiger partial charge in [0.1, 0.15) is 18.5 Å². The highest BCUT2D eigenvalue weighted by atomic mass is 19.3. The van der Waals surface area contributed by atoms with E-state index in [1.165, 1.54) is 11.0 Å². The molecule has 2 amide bonds. The zero-order chi connectivity index (χ0) is 18.9. The zero-order valence-electron chi connectivity index (χ0n) is 14.5. The highest BCUT2D eigenvalue weighted by molar-refractivity contribution is 5.94. The summed E-state index contributed by atoms with van der Waals surface area (Å²) in [6, 6.07) is 4.35. The Balaban J connectivity index is 1.54. The summed E-state index contributed by atoms with van der Waals surface area (Å²) in [6.45, 7) is 2.11. The molecule has 0 saturated carbocycles. The van der Waals surface area contributed by atoms with Gasteiger partial charge in [0.2, 0.25) is 0 Å². The Morgan fingerprint density at radius 1 is 1.15 bits per heavy atom. The number of alkyl halides is 2. The fourth-order valence-electron chi connectivity index (χ4n) is 3.16. The van der Waals surface area contributed by atoms with Crippen LogP contribution in [0.15, 0.2) is 18.2 Å².